The summed E-state index contributed by atoms with van der Waals surface area (Å²) in [5.74, 6) is 1.86. The van der Waals surface area contributed by atoms with Crippen molar-refractivity contribution < 1.29 is 19.4 Å². The smallest absolute Gasteiger partial charge is 0.261 e. The zero-order valence-electron chi connectivity index (χ0n) is 36.5. The normalized spacial score (nSPS) is 20.7. The molecule has 2 atom stereocenters. The maximum absolute atomic E-state index is 12.9. The molecule has 4 aliphatic rings. The van der Waals surface area contributed by atoms with Gasteiger partial charge in [0.1, 0.15) is 18.6 Å². The number of pyridine rings is 1. The molecule has 1 aliphatic carbocycles. The van der Waals surface area contributed by atoms with E-state index in [1.165, 1.54) is 46.9 Å². The number of amides is 1. The third kappa shape index (κ3) is 11.9. The van der Waals surface area contributed by atoms with E-state index >= 15 is 0 Å². The number of ether oxygens (including phenoxy) is 1. The van der Waals surface area contributed by atoms with E-state index in [4.69, 9.17) is 14.5 Å². The molecule has 3 aromatic carbocycles. The molecule has 5 aromatic rings. The molecule has 13 nitrogen and oxygen atoms in total. The fourth-order valence-electron chi connectivity index (χ4n) is 9.04. The van der Waals surface area contributed by atoms with E-state index in [0.29, 0.717) is 42.2 Å². The number of hydrogen-bond acceptors (Lipinski definition) is 11. The van der Waals surface area contributed by atoms with E-state index in [0.717, 1.165) is 89.6 Å². The maximum atomic E-state index is 12.9. The number of nitrogens with two attached hydrogens (primary N) is 1. The van der Waals surface area contributed by atoms with Gasteiger partial charge < -0.3 is 35.5 Å². The molecule has 4 N–H and O–H groups in total. The number of fused-ring (bicyclic) bond motifs is 2. The van der Waals surface area contributed by atoms with Gasteiger partial charge >= 0.3 is 0 Å². The first-order valence-corrected chi connectivity index (χ1v) is 22.4. The number of piperidine rings is 2. The topological polar surface area (TPSA) is 159 Å². The van der Waals surface area contributed by atoms with Gasteiger partial charge in [-0.1, -0.05) is 42.5 Å². The van der Waals surface area contributed by atoms with Gasteiger partial charge in [-0.3, -0.25) is 24.0 Å². The molecule has 4 fully saturated rings. The lowest BCUT2D eigenvalue weighted by Gasteiger charge is -2.36. The van der Waals surface area contributed by atoms with Crippen LogP contribution in [0.5, 0.6) is 5.75 Å². The van der Waals surface area contributed by atoms with Crippen LogP contribution >= 0.6 is 0 Å². The Hall–Kier alpha value is -5.05. The standard InChI is InChI=1S/C27H30N2O.C21H31N5O3.CH3NO/c1-19-15-26(22-8-9-22)28-27-16-20(7-10-24(19)27)11-13-29-14-12-23(18-30)25(17-29)21-5-3-2-4-6-21;1-24-8-4-21(28,5-9-24)15-26-16-23-19-14-17(2-3-18(19)20(26)27)29-13-12-25-10-6-22-7-11-25;2-1-3/h2-7,10,15-16,18,22-23,25H,8-9,11-14,17H2,1H3;2-3,14,16,22,28H,4-13,15H2,1H3;1H,(H2,2,3). The van der Waals surface area contributed by atoms with Crippen molar-refractivity contribution in [2.24, 2.45) is 11.7 Å². The molecule has 1 saturated carbocycles. The fourth-order valence-corrected chi connectivity index (χ4v) is 9.04. The second-order valence-corrected chi connectivity index (χ2v) is 17.6. The van der Waals surface area contributed by atoms with Gasteiger partial charge in [0.25, 0.3) is 5.56 Å². The summed E-state index contributed by atoms with van der Waals surface area (Å²) in [5.41, 5.74) is 10.2. The van der Waals surface area contributed by atoms with Crippen LogP contribution in [0.25, 0.3) is 21.8 Å². The van der Waals surface area contributed by atoms with Crippen molar-refractivity contribution in [3.63, 3.8) is 0 Å². The summed E-state index contributed by atoms with van der Waals surface area (Å²) in [6.07, 6.45) is 8.84. The molecule has 1 amide bonds. The number of aliphatic hydroxyl groups is 1. The average Bonchev–Trinajstić information content (AvgIpc) is 4.15. The predicted octanol–water partition coefficient (Wildman–Crippen LogP) is 4.51. The molecule has 0 spiro atoms. The van der Waals surface area contributed by atoms with Gasteiger partial charge in [0.15, 0.2) is 0 Å². The molecule has 0 radical (unpaired) electrons. The quantitative estimate of drug-likeness (QED) is 0.152. The number of hydrogen-bond donors (Lipinski definition) is 3. The maximum Gasteiger partial charge on any atom is 0.261 e. The molecular formula is C49H64N8O5. The number of aryl methyl sites for hydroxylation is 1. The minimum Gasteiger partial charge on any atom is -0.492 e. The minimum absolute atomic E-state index is 0.116. The van der Waals surface area contributed by atoms with Crippen molar-refractivity contribution in [1.82, 2.24) is 34.6 Å². The number of nitrogens with one attached hydrogen (secondary N) is 1. The van der Waals surface area contributed by atoms with Crippen LogP contribution in [-0.4, -0.2) is 132 Å². The minimum atomic E-state index is -0.848. The van der Waals surface area contributed by atoms with Crippen LogP contribution < -0.4 is 21.3 Å². The zero-order valence-corrected chi connectivity index (χ0v) is 36.5. The molecule has 330 valence electrons. The second kappa shape index (κ2) is 21.4. The van der Waals surface area contributed by atoms with E-state index in [2.05, 4.69) is 86.2 Å². The Kier molecular flexibility index (Phi) is 15.5. The number of piperazine rings is 1. The third-order valence-electron chi connectivity index (χ3n) is 13.0. The summed E-state index contributed by atoms with van der Waals surface area (Å²) in [6, 6.07) is 25.0. The summed E-state index contributed by atoms with van der Waals surface area (Å²) < 4.78 is 7.42. The lowest BCUT2D eigenvalue weighted by molar-refractivity contribution is -0.113. The Morgan fingerprint density at radius 2 is 1.63 bits per heavy atom. The van der Waals surface area contributed by atoms with E-state index in [1.54, 1.807) is 17.0 Å². The van der Waals surface area contributed by atoms with Crippen LogP contribution in [-0.2, 0) is 22.6 Å². The molecular weight excluding hydrogens is 781 g/mol. The summed E-state index contributed by atoms with van der Waals surface area (Å²) in [6.45, 7) is 12.8. The van der Waals surface area contributed by atoms with Crippen molar-refractivity contribution >= 4 is 34.5 Å². The number of aromatic nitrogens is 3. The molecule has 3 aliphatic heterocycles. The van der Waals surface area contributed by atoms with Gasteiger partial charge in [0, 0.05) is 93.8 Å². The van der Waals surface area contributed by atoms with E-state index in [9.17, 15) is 14.7 Å². The fraction of sp³-hybridized carbons (Fsp3) is 0.490. The highest BCUT2D eigenvalue weighted by Gasteiger charge is 2.33. The van der Waals surface area contributed by atoms with Crippen molar-refractivity contribution in [1.29, 1.82) is 0 Å². The molecule has 0 bridgehead atoms. The Labute approximate surface area is 365 Å². The highest BCUT2D eigenvalue weighted by Crippen LogP contribution is 2.40. The number of nitrogens with zero attached hydrogens (tertiary/aromatic N) is 6. The lowest BCUT2D eigenvalue weighted by atomic mass is 9.81. The number of likely N-dealkylation sites (tertiary alicyclic amines) is 2. The number of carbonyl (C=O) groups is 2. The van der Waals surface area contributed by atoms with E-state index in [1.807, 2.05) is 25.2 Å². The summed E-state index contributed by atoms with van der Waals surface area (Å²) in [5, 5.41) is 16.0. The van der Waals surface area contributed by atoms with Crippen LogP contribution in [0.2, 0.25) is 0 Å². The van der Waals surface area contributed by atoms with Crippen LogP contribution in [0.4, 0.5) is 0 Å². The van der Waals surface area contributed by atoms with Crippen LogP contribution in [0, 0.1) is 12.8 Å². The first-order chi connectivity index (χ1) is 30.1. The van der Waals surface area contributed by atoms with Crippen LogP contribution in [0.15, 0.2) is 83.9 Å². The van der Waals surface area contributed by atoms with Crippen LogP contribution in [0.3, 0.4) is 0 Å². The number of primary amides is 1. The lowest BCUT2D eigenvalue weighted by Crippen LogP contribution is -2.46. The molecule has 62 heavy (non-hydrogen) atoms. The largest absolute Gasteiger partial charge is 0.492 e. The molecule has 9 rings (SSSR count). The third-order valence-corrected chi connectivity index (χ3v) is 13.0. The van der Waals surface area contributed by atoms with Crippen molar-refractivity contribution in [2.45, 2.75) is 69.4 Å². The summed E-state index contributed by atoms with van der Waals surface area (Å²) in [4.78, 5) is 49.6. The summed E-state index contributed by atoms with van der Waals surface area (Å²) in [7, 11) is 2.05. The predicted molar refractivity (Wildman–Crippen MR) is 245 cm³/mol. The van der Waals surface area contributed by atoms with Gasteiger partial charge in [-0.05, 0) is 100.0 Å². The molecule has 13 heteroatoms. The van der Waals surface area contributed by atoms with Gasteiger partial charge in [-0.2, -0.15) is 0 Å². The average molecular weight is 845 g/mol. The molecule has 2 aromatic heterocycles. The number of carbonyl (C=O) groups excluding carboxylic acids is 2. The first kappa shape index (κ1) is 45.0. The molecule has 5 heterocycles. The molecule has 2 unspecified atom stereocenters. The first-order valence-electron chi connectivity index (χ1n) is 22.4. The van der Waals surface area contributed by atoms with Gasteiger partial charge in [-0.25, -0.2) is 4.98 Å². The van der Waals surface area contributed by atoms with Crippen molar-refractivity contribution in [3.8, 4) is 5.75 Å². The zero-order chi connectivity index (χ0) is 43.5. The highest BCUT2D eigenvalue weighted by molar-refractivity contribution is 5.83. The van der Waals surface area contributed by atoms with E-state index < -0.39 is 5.60 Å². The van der Waals surface area contributed by atoms with Crippen molar-refractivity contribution in [2.75, 3.05) is 79.1 Å². The highest BCUT2D eigenvalue weighted by atomic mass is 16.5. The Morgan fingerprint density at radius 1 is 0.887 bits per heavy atom. The van der Waals surface area contributed by atoms with Gasteiger partial charge in [-0.15, -0.1) is 0 Å². The monoisotopic (exact) mass is 844 g/mol. The van der Waals surface area contributed by atoms with Gasteiger partial charge in [0.05, 0.1) is 34.9 Å². The Balaban J connectivity index is 0.000000176. The number of aldehydes is 1. The Bertz CT molecular complexity index is 2300. The number of rotatable bonds is 12. The SMILES string of the molecule is CN1CCC(O)(Cn2cnc3cc(OCCN4CCNCC4)ccc3c2=O)CC1.Cc1cc(C2CC2)nc2cc(CCN3CCC(C=O)C(c4ccccc4)C3)ccc12.NC=O. The summed E-state index contributed by atoms with van der Waals surface area (Å²) >= 11 is 0. The van der Waals surface area contributed by atoms with Crippen LogP contribution in [0.1, 0.15) is 66.3 Å². The van der Waals surface area contributed by atoms with Gasteiger partial charge in [0.2, 0.25) is 6.41 Å². The van der Waals surface area contributed by atoms with Crippen molar-refractivity contribution in [3.05, 3.63) is 112 Å². The Morgan fingerprint density at radius 3 is 2.35 bits per heavy atom. The second-order valence-electron chi connectivity index (χ2n) is 17.6. The molecule has 3 saturated heterocycles. The van der Waals surface area contributed by atoms with E-state index in [-0.39, 0.29) is 24.4 Å². The number of benzene rings is 3.